The average molecular weight is 448 g/mol. The van der Waals surface area contributed by atoms with Gasteiger partial charge in [0.1, 0.15) is 5.54 Å². The van der Waals surface area contributed by atoms with Crippen LogP contribution in [0.5, 0.6) is 0 Å². The van der Waals surface area contributed by atoms with Crippen molar-refractivity contribution in [3.63, 3.8) is 0 Å². The van der Waals surface area contributed by atoms with Crippen LogP contribution in [0.2, 0.25) is 0 Å². The molecule has 0 saturated heterocycles. The summed E-state index contributed by atoms with van der Waals surface area (Å²) in [6.07, 6.45) is 2.88. The van der Waals surface area contributed by atoms with Gasteiger partial charge in [-0.25, -0.2) is 0 Å². The van der Waals surface area contributed by atoms with Gasteiger partial charge in [0.2, 0.25) is 0 Å². The first kappa shape index (κ1) is 21.4. The Balaban J connectivity index is 1.76. The Morgan fingerprint density at radius 2 is 1.38 bits per heavy atom. The van der Waals surface area contributed by atoms with Gasteiger partial charge in [0.25, 0.3) is 0 Å². The van der Waals surface area contributed by atoms with E-state index in [1.54, 1.807) is 66.7 Å². The van der Waals surface area contributed by atoms with E-state index in [0.717, 1.165) is 0 Å². The zero-order chi connectivity index (χ0) is 24.0. The predicted octanol–water partition coefficient (Wildman–Crippen LogP) is 3.59. The lowest BCUT2D eigenvalue weighted by Crippen LogP contribution is -2.61. The standard InChI is InChI=1S/C28H20N2O4/c29-21-13-7-12-18-22(21)26(33)23-19(25(18)32)14-15-20(24(31)16-8-3-1-4-9-16)28(23,30)27(34)17-10-5-2-6-11-17/h1-15,20H,29-30H2. The van der Waals surface area contributed by atoms with E-state index in [9.17, 15) is 19.2 Å². The van der Waals surface area contributed by atoms with Gasteiger partial charge in [-0.3, -0.25) is 19.2 Å². The SMILES string of the molecule is Nc1cccc2c1C(=O)C1=C(C=CC(C(=O)c3ccccc3)C1(N)C(=O)c1ccccc1)C2=O. The summed E-state index contributed by atoms with van der Waals surface area (Å²) in [7, 11) is 0. The first-order valence-corrected chi connectivity index (χ1v) is 10.7. The summed E-state index contributed by atoms with van der Waals surface area (Å²) in [5, 5.41) is 0. The largest absolute Gasteiger partial charge is 0.398 e. The van der Waals surface area contributed by atoms with Gasteiger partial charge < -0.3 is 11.5 Å². The summed E-state index contributed by atoms with van der Waals surface area (Å²) in [6.45, 7) is 0. The van der Waals surface area contributed by atoms with Gasteiger partial charge in [-0.15, -0.1) is 0 Å². The van der Waals surface area contributed by atoms with Gasteiger partial charge in [-0.05, 0) is 6.07 Å². The smallest absolute Gasteiger partial charge is 0.194 e. The van der Waals surface area contributed by atoms with Gasteiger partial charge in [0.05, 0.1) is 11.5 Å². The number of ketones is 4. The maximum atomic E-state index is 13.9. The van der Waals surface area contributed by atoms with Crippen LogP contribution in [0, 0.1) is 5.92 Å². The van der Waals surface area contributed by atoms with Crippen LogP contribution < -0.4 is 11.5 Å². The van der Waals surface area contributed by atoms with Crippen molar-refractivity contribution in [2.75, 3.05) is 5.73 Å². The number of rotatable bonds is 4. The highest BCUT2D eigenvalue weighted by molar-refractivity contribution is 6.33. The Morgan fingerprint density at radius 1 is 0.765 bits per heavy atom. The fourth-order valence-electron chi connectivity index (χ4n) is 4.75. The lowest BCUT2D eigenvalue weighted by atomic mass is 9.62. The minimum absolute atomic E-state index is 0.00291. The summed E-state index contributed by atoms with van der Waals surface area (Å²) in [4.78, 5) is 54.7. The van der Waals surface area contributed by atoms with Crippen LogP contribution >= 0.6 is 0 Å². The number of allylic oxidation sites excluding steroid dienone is 2. The van der Waals surface area contributed by atoms with Gasteiger partial charge in [-0.1, -0.05) is 84.9 Å². The number of carbonyl (C=O) groups is 4. The van der Waals surface area contributed by atoms with Gasteiger partial charge in [0.15, 0.2) is 23.1 Å². The van der Waals surface area contributed by atoms with Crippen molar-refractivity contribution in [1.82, 2.24) is 0 Å². The molecule has 2 atom stereocenters. The van der Waals surface area contributed by atoms with E-state index in [0.29, 0.717) is 5.56 Å². The molecule has 6 nitrogen and oxygen atoms in total. The maximum Gasteiger partial charge on any atom is 0.194 e. The Kier molecular flexibility index (Phi) is 4.96. The minimum Gasteiger partial charge on any atom is -0.398 e. The number of hydrogen-bond donors (Lipinski definition) is 2. The normalized spacial score (nSPS) is 21.1. The Labute approximate surface area is 195 Å². The Bertz CT molecular complexity index is 1440. The average Bonchev–Trinajstić information content (AvgIpc) is 2.87. The van der Waals surface area contributed by atoms with Crippen LogP contribution in [0.25, 0.3) is 0 Å². The van der Waals surface area contributed by atoms with Crippen molar-refractivity contribution < 1.29 is 19.2 Å². The first-order chi connectivity index (χ1) is 16.4. The molecule has 6 heteroatoms. The predicted molar refractivity (Wildman–Crippen MR) is 128 cm³/mol. The van der Waals surface area contributed by atoms with E-state index in [2.05, 4.69) is 0 Å². The van der Waals surface area contributed by atoms with Crippen molar-refractivity contribution in [2.45, 2.75) is 5.54 Å². The van der Waals surface area contributed by atoms with E-state index in [1.807, 2.05) is 0 Å². The molecule has 0 aliphatic heterocycles. The lowest BCUT2D eigenvalue weighted by molar-refractivity contribution is 0.0768. The number of benzene rings is 3. The highest BCUT2D eigenvalue weighted by Gasteiger charge is 2.55. The summed E-state index contributed by atoms with van der Waals surface area (Å²) >= 11 is 0. The molecule has 0 saturated carbocycles. The van der Waals surface area contributed by atoms with Crippen molar-refractivity contribution >= 4 is 28.8 Å². The maximum absolute atomic E-state index is 13.9. The second kappa shape index (κ2) is 7.86. The quantitative estimate of drug-likeness (QED) is 0.465. The van der Waals surface area contributed by atoms with Crippen molar-refractivity contribution in [2.24, 2.45) is 11.7 Å². The molecular formula is C28H20N2O4. The third-order valence-corrected chi connectivity index (χ3v) is 6.42. The van der Waals surface area contributed by atoms with Crippen LogP contribution in [-0.2, 0) is 0 Å². The summed E-state index contributed by atoms with van der Waals surface area (Å²) in [5.74, 6) is -3.34. The van der Waals surface area contributed by atoms with E-state index in [-0.39, 0.29) is 33.5 Å². The molecule has 3 aromatic carbocycles. The van der Waals surface area contributed by atoms with Crippen LogP contribution in [0.1, 0.15) is 41.4 Å². The van der Waals surface area contributed by atoms with Crippen LogP contribution in [0.3, 0.4) is 0 Å². The molecule has 2 aliphatic rings. The summed E-state index contributed by atoms with van der Waals surface area (Å²) in [5.41, 5.74) is 11.4. The third kappa shape index (κ3) is 3.00. The fourth-order valence-corrected chi connectivity index (χ4v) is 4.75. The first-order valence-electron chi connectivity index (χ1n) is 10.7. The third-order valence-electron chi connectivity index (χ3n) is 6.42. The molecular weight excluding hydrogens is 428 g/mol. The van der Waals surface area contributed by atoms with Crippen LogP contribution in [0.15, 0.2) is 102 Å². The molecule has 2 aliphatic carbocycles. The molecule has 0 heterocycles. The molecule has 0 aromatic heterocycles. The molecule has 0 bridgehead atoms. The molecule has 166 valence electrons. The molecule has 4 N–H and O–H groups in total. The van der Waals surface area contributed by atoms with E-state index >= 15 is 0 Å². The van der Waals surface area contributed by atoms with Gasteiger partial charge >= 0.3 is 0 Å². The number of fused-ring (bicyclic) bond motifs is 1. The summed E-state index contributed by atoms with van der Waals surface area (Å²) < 4.78 is 0. The molecule has 0 amide bonds. The second-order valence-corrected chi connectivity index (χ2v) is 8.35. The monoisotopic (exact) mass is 448 g/mol. The summed E-state index contributed by atoms with van der Waals surface area (Å²) in [6, 6.07) is 21.2. The zero-order valence-electron chi connectivity index (χ0n) is 18.0. The van der Waals surface area contributed by atoms with Crippen molar-refractivity contribution in [1.29, 1.82) is 0 Å². The number of nitrogen functional groups attached to an aromatic ring is 1. The molecule has 5 rings (SSSR count). The van der Waals surface area contributed by atoms with Crippen LogP contribution in [-0.4, -0.2) is 28.7 Å². The Hall–Kier alpha value is -4.42. The van der Waals surface area contributed by atoms with Crippen LogP contribution in [0.4, 0.5) is 5.69 Å². The molecule has 2 unspecified atom stereocenters. The zero-order valence-corrected chi connectivity index (χ0v) is 18.0. The topological polar surface area (TPSA) is 120 Å². The fraction of sp³-hybridized carbons (Fsp3) is 0.0714. The molecule has 0 radical (unpaired) electrons. The number of anilines is 1. The number of nitrogens with two attached hydrogens (primary N) is 2. The van der Waals surface area contributed by atoms with Gasteiger partial charge in [-0.2, -0.15) is 0 Å². The number of Topliss-reactive ketones (excluding diaryl/α,β-unsaturated/α-hetero) is 4. The molecule has 34 heavy (non-hydrogen) atoms. The van der Waals surface area contributed by atoms with Crippen molar-refractivity contribution in [3.8, 4) is 0 Å². The molecule has 3 aromatic rings. The molecule has 0 spiro atoms. The minimum atomic E-state index is -2.11. The van der Waals surface area contributed by atoms with Gasteiger partial charge in [0, 0.05) is 33.5 Å². The van der Waals surface area contributed by atoms with E-state index in [1.165, 1.54) is 24.3 Å². The molecule has 0 fully saturated rings. The number of carbonyl (C=O) groups excluding carboxylic acids is 4. The Morgan fingerprint density at radius 3 is 2.03 bits per heavy atom. The highest BCUT2D eigenvalue weighted by atomic mass is 16.2. The second-order valence-electron chi connectivity index (χ2n) is 8.35. The van der Waals surface area contributed by atoms with E-state index in [4.69, 9.17) is 11.5 Å². The highest BCUT2D eigenvalue weighted by Crippen LogP contribution is 2.43. The number of hydrogen-bond acceptors (Lipinski definition) is 6. The van der Waals surface area contributed by atoms with Crippen molar-refractivity contribution in [3.05, 3.63) is 124 Å². The lowest BCUT2D eigenvalue weighted by Gasteiger charge is -2.40. The van der Waals surface area contributed by atoms with E-state index < -0.39 is 34.6 Å².